The third-order valence-corrected chi connectivity index (χ3v) is 3.81. The van der Waals surface area contributed by atoms with Crippen LogP contribution in [0.4, 0.5) is 0 Å². The van der Waals surface area contributed by atoms with E-state index in [0.717, 1.165) is 5.56 Å². The lowest BCUT2D eigenvalue weighted by atomic mass is 10.0. The van der Waals surface area contributed by atoms with Gasteiger partial charge in [0.25, 0.3) is 5.91 Å². The summed E-state index contributed by atoms with van der Waals surface area (Å²) in [4.78, 5) is 25.3. The van der Waals surface area contributed by atoms with E-state index in [4.69, 9.17) is 15.9 Å². The fourth-order valence-electron chi connectivity index (χ4n) is 2.50. The van der Waals surface area contributed by atoms with Gasteiger partial charge in [0, 0.05) is 17.5 Å². The standard InChI is InChI=1S/C21H25N3O4/c1-21(2,3)28-20(27)17(11-13-7-9-16(25)10-8-13)24-19(26)15-6-4-5-14(12-15)18(22)23/h4-10,12,17,25H,11H2,1-3H3,(H3,22,23)(H,24,26)/t17-/m1/s1. The Labute approximate surface area is 164 Å². The molecular formula is C21H25N3O4. The lowest BCUT2D eigenvalue weighted by Gasteiger charge is -2.25. The van der Waals surface area contributed by atoms with Crippen molar-refractivity contribution < 1.29 is 19.4 Å². The van der Waals surface area contributed by atoms with Crippen molar-refractivity contribution in [2.45, 2.75) is 38.8 Å². The Morgan fingerprint density at radius 3 is 2.32 bits per heavy atom. The van der Waals surface area contributed by atoms with Gasteiger partial charge in [0.05, 0.1) is 0 Å². The maximum Gasteiger partial charge on any atom is 0.329 e. The van der Waals surface area contributed by atoms with Gasteiger partial charge in [-0.05, 0) is 50.6 Å². The fourth-order valence-corrected chi connectivity index (χ4v) is 2.50. The van der Waals surface area contributed by atoms with Crippen LogP contribution in [0.5, 0.6) is 5.75 Å². The first-order valence-electron chi connectivity index (χ1n) is 8.81. The summed E-state index contributed by atoms with van der Waals surface area (Å²) < 4.78 is 5.44. The molecule has 0 fully saturated rings. The smallest absolute Gasteiger partial charge is 0.329 e. The molecule has 7 nitrogen and oxygen atoms in total. The molecule has 0 radical (unpaired) electrons. The lowest BCUT2D eigenvalue weighted by Crippen LogP contribution is -2.45. The van der Waals surface area contributed by atoms with Crippen LogP contribution in [0.15, 0.2) is 48.5 Å². The molecule has 2 aromatic rings. The molecule has 0 saturated carbocycles. The van der Waals surface area contributed by atoms with Crippen molar-refractivity contribution in [2.24, 2.45) is 5.73 Å². The zero-order valence-electron chi connectivity index (χ0n) is 16.2. The molecule has 1 atom stereocenters. The summed E-state index contributed by atoms with van der Waals surface area (Å²) in [6, 6.07) is 11.8. The first kappa shape index (κ1) is 21.0. The number of phenols is 1. The number of amidine groups is 1. The minimum Gasteiger partial charge on any atom is -0.508 e. The molecule has 5 N–H and O–H groups in total. The SMILES string of the molecule is CC(C)(C)OC(=O)[C@@H](Cc1ccc(O)cc1)NC(=O)c1cccc(C(=N)N)c1. The average Bonchev–Trinajstić information content (AvgIpc) is 2.61. The molecular weight excluding hydrogens is 358 g/mol. The highest BCUT2D eigenvalue weighted by Crippen LogP contribution is 2.15. The topological polar surface area (TPSA) is 125 Å². The number of carbonyl (C=O) groups excluding carboxylic acids is 2. The number of hydrogen-bond donors (Lipinski definition) is 4. The van der Waals surface area contributed by atoms with Crippen LogP contribution in [-0.2, 0) is 16.0 Å². The van der Waals surface area contributed by atoms with Crippen LogP contribution in [0.3, 0.4) is 0 Å². The monoisotopic (exact) mass is 383 g/mol. The predicted octanol–water partition coefficient (Wildman–Crippen LogP) is 2.36. The van der Waals surface area contributed by atoms with Gasteiger partial charge in [0.1, 0.15) is 23.2 Å². The van der Waals surface area contributed by atoms with Gasteiger partial charge in [0.15, 0.2) is 0 Å². The maximum atomic E-state index is 12.7. The highest BCUT2D eigenvalue weighted by molar-refractivity contribution is 6.01. The van der Waals surface area contributed by atoms with Crippen LogP contribution >= 0.6 is 0 Å². The number of nitrogens with one attached hydrogen (secondary N) is 2. The van der Waals surface area contributed by atoms with Crippen molar-refractivity contribution in [1.29, 1.82) is 5.41 Å². The summed E-state index contributed by atoms with van der Waals surface area (Å²) >= 11 is 0. The van der Waals surface area contributed by atoms with Crippen molar-refractivity contribution in [1.82, 2.24) is 5.32 Å². The van der Waals surface area contributed by atoms with E-state index in [2.05, 4.69) is 5.32 Å². The summed E-state index contributed by atoms with van der Waals surface area (Å²) in [6.07, 6.45) is 0.202. The van der Waals surface area contributed by atoms with Crippen LogP contribution in [0.1, 0.15) is 42.3 Å². The Morgan fingerprint density at radius 1 is 1.14 bits per heavy atom. The van der Waals surface area contributed by atoms with E-state index in [-0.39, 0.29) is 23.6 Å². The highest BCUT2D eigenvalue weighted by atomic mass is 16.6. The number of carbonyl (C=O) groups is 2. The second kappa shape index (κ2) is 8.56. The molecule has 0 saturated heterocycles. The minimum atomic E-state index is -0.919. The number of hydrogen-bond acceptors (Lipinski definition) is 5. The third-order valence-electron chi connectivity index (χ3n) is 3.81. The summed E-state index contributed by atoms with van der Waals surface area (Å²) in [6.45, 7) is 5.25. The largest absolute Gasteiger partial charge is 0.508 e. The van der Waals surface area contributed by atoms with Crippen molar-refractivity contribution in [3.05, 3.63) is 65.2 Å². The number of phenolic OH excluding ortho intramolecular Hbond substituents is 1. The Kier molecular flexibility index (Phi) is 6.41. The molecule has 0 aliphatic carbocycles. The maximum absolute atomic E-state index is 12.7. The molecule has 0 aliphatic rings. The van der Waals surface area contributed by atoms with Gasteiger partial charge in [-0.3, -0.25) is 10.2 Å². The zero-order valence-corrected chi connectivity index (χ0v) is 16.2. The van der Waals surface area contributed by atoms with Gasteiger partial charge in [-0.25, -0.2) is 4.79 Å². The zero-order chi connectivity index (χ0) is 20.9. The number of ether oxygens (including phenoxy) is 1. The molecule has 0 aliphatic heterocycles. The molecule has 2 rings (SSSR count). The van der Waals surface area contributed by atoms with Gasteiger partial charge in [0.2, 0.25) is 0 Å². The quantitative estimate of drug-likeness (QED) is 0.346. The van der Waals surface area contributed by atoms with Crippen molar-refractivity contribution in [2.75, 3.05) is 0 Å². The fraction of sp³-hybridized carbons (Fsp3) is 0.286. The molecule has 28 heavy (non-hydrogen) atoms. The number of nitrogen functional groups attached to an aromatic ring is 1. The Bertz CT molecular complexity index is 870. The summed E-state index contributed by atoms with van der Waals surface area (Å²) in [5.41, 5.74) is 6.23. The van der Waals surface area contributed by atoms with Crippen LogP contribution < -0.4 is 11.1 Å². The number of amides is 1. The summed E-state index contributed by atoms with van der Waals surface area (Å²) in [5, 5.41) is 19.6. The lowest BCUT2D eigenvalue weighted by molar-refractivity contribution is -0.157. The number of esters is 1. The first-order valence-corrected chi connectivity index (χ1v) is 8.81. The van der Waals surface area contributed by atoms with Crippen LogP contribution in [0, 0.1) is 5.41 Å². The molecule has 0 spiro atoms. The second-order valence-corrected chi connectivity index (χ2v) is 7.42. The normalized spacial score (nSPS) is 12.1. The van der Waals surface area contributed by atoms with Gasteiger partial charge in [-0.15, -0.1) is 0 Å². The number of rotatable bonds is 6. The predicted molar refractivity (Wildman–Crippen MR) is 106 cm³/mol. The molecule has 0 bridgehead atoms. The van der Waals surface area contributed by atoms with E-state index in [0.29, 0.717) is 5.56 Å². The Hall–Kier alpha value is -3.35. The van der Waals surface area contributed by atoms with Gasteiger partial charge >= 0.3 is 5.97 Å². The van der Waals surface area contributed by atoms with E-state index >= 15 is 0 Å². The van der Waals surface area contributed by atoms with E-state index < -0.39 is 23.5 Å². The molecule has 0 heterocycles. The van der Waals surface area contributed by atoms with Crippen LogP contribution in [0.2, 0.25) is 0 Å². The van der Waals surface area contributed by atoms with Crippen molar-refractivity contribution in [3.63, 3.8) is 0 Å². The Balaban J connectivity index is 2.23. The third kappa shape index (κ3) is 6.12. The van der Waals surface area contributed by atoms with E-state index in [1.807, 2.05) is 0 Å². The first-order chi connectivity index (χ1) is 13.0. The van der Waals surface area contributed by atoms with Gasteiger partial charge in [-0.1, -0.05) is 24.3 Å². The summed E-state index contributed by atoms with van der Waals surface area (Å²) in [5.74, 6) is -1.07. The van der Waals surface area contributed by atoms with Crippen LogP contribution in [-0.4, -0.2) is 34.5 Å². The van der Waals surface area contributed by atoms with Gasteiger partial charge < -0.3 is 20.9 Å². The number of nitrogens with two attached hydrogens (primary N) is 1. The number of benzene rings is 2. The van der Waals surface area contributed by atoms with Gasteiger partial charge in [-0.2, -0.15) is 0 Å². The second-order valence-electron chi connectivity index (χ2n) is 7.42. The molecule has 0 unspecified atom stereocenters. The molecule has 7 heteroatoms. The van der Waals surface area contributed by atoms with Crippen molar-refractivity contribution in [3.8, 4) is 5.75 Å². The van der Waals surface area contributed by atoms with Crippen molar-refractivity contribution >= 4 is 17.7 Å². The van der Waals surface area contributed by atoms with E-state index in [9.17, 15) is 14.7 Å². The summed E-state index contributed by atoms with van der Waals surface area (Å²) in [7, 11) is 0. The molecule has 2 aromatic carbocycles. The average molecular weight is 383 g/mol. The van der Waals surface area contributed by atoms with E-state index in [1.165, 1.54) is 18.2 Å². The molecule has 0 aromatic heterocycles. The molecule has 148 valence electrons. The minimum absolute atomic E-state index is 0.114. The molecule has 1 amide bonds. The van der Waals surface area contributed by atoms with E-state index in [1.54, 1.807) is 51.1 Å². The highest BCUT2D eigenvalue weighted by Gasteiger charge is 2.27. The van der Waals surface area contributed by atoms with Crippen LogP contribution in [0.25, 0.3) is 0 Å². The number of aromatic hydroxyl groups is 1. The Morgan fingerprint density at radius 2 is 1.75 bits per heavy atom.